The van der Waals surface area contributed by atoms with Crippen molar-refractivity contribution < 1.29 is 14.3 Å². The lowest BCUT2D eigenvalue weighted by Crippen LogP contribution is -2.29. The fourth-order valence-corrected chi connectivity index (χ4v) is 2.73. The highest BCUT2D eigenvalue weighted by molar-refractivity contribution is 5.95. The second kappa shape index (κ2) is 7.81. The Bertz CT molecular complexity index is 810. The van der Waals surface area contributed by atoms with Crippen molar-refractivity contribution in [2.24, 2.45) is 0 Å². The zero-order chi connectivity index (χ0) is 17.6. The SMILES string of the molecule is CCc1c(C(=O)NCC(O)c2ccco2)cnn1Cc1ccccc1. The number of aliphatic hydroxyl groups excluding tert-OH is 1. The van der Waals surface area contributed by atoms with Crippen LogP contribution in [0.2, 0.25) is 0 Å². The number of nitrogens with one attached hydrogen (secondary N) is 1. The summed E-state index contributed by atoms with van der Waals surface area (Å²) in [5.74, 6) is 0.178. The van der Waals surface area contributed by atoms with Gasteiger partial charge in [-0.2, -0.15) is 5.10 Å². The molecule has 0 saturated heterocycles. The Morgan fingerprint density at radius 1 is 1.28 bits per heavy atom. The second-order valence-corrected chi connectivity index (χ2v) is 5.74. The monoisotopic (exact) mass is 339 g/mol. The Labute approximate surface area is 146 Å². The Morgan fingerprint density at radius 2 is 2.08 bits per heavy atom. The number of benzene rings is 1. The number of carbonyl (C=O) groups excluding carboxylic acids is 1. The van der Waals surface area contributed by atoms with Gasteiger partial charge in [0.05, 0.1) is 36.8 Å². The molecule has 0 saturated carbocycles. The van der Waals surface area contributed by atoms with Gasteiger partial charge in [-0.25, -0.2) is 0 Å². The van der Waals surface area contributed by atoms with Crippen LogP contribution in [0.4, 0.5) is 0 Å². The van der Waals surface area contributed by atoms with E-state index in [1.54, 1.807) is 18.3 Å². The van der Waals surface area contributed by atoms with Gasteiger partial charge in [0, 0.05) is 0 Å². The molecule has 1 unspecified atom stereocenters. The fraction of sp³-hybridized carbons (Fsp3) is 0.263. The third-order valence-electron chi connectivity index (χ3n) is 4.03. The van der Waals surface area contributed by atoms with Gasteiger partial charge >= 0.3 is 0 Å². The maximum Gasteiger partial charge on any atom is 0.254 e. The summed E-state index contributed by atoms with van der Waals surface area (Å²) in [4.78, 5) is 12.5. The van der Waals surface area contributed by atoms with E-state index in [4.69, 9.17) is 4.42 Å². The van der Waals surface area contributed by atoms with Crippen LogP contribution < -0.4 is 5.32 Å². The summed E-state index contributed by atoms with van der Waals surface area (Å²) in [6.45, 7) is 2.69. The van der Waals surface area contributed by atoms with E-state index in [1.807, 2.05) is 41.9 Å². The number of nitrogens with zero attached hydrogens (tertiary/aromatic N) is 2. The molecule has 6 heteroatoms. The summed E-state index contributed by atoms with van der Waals surface area (Å²) in [6.07, 6.45) is 2.89. The van der Waals surface area contributed by atoms with E-state index in [2.05, 4.69) is 10.4 Å². The Hall–Kier alpha value is -2.86. The largest absolute Gasteiger partial charge is 0.467 e. The molecule has 2 heterocycles. The standard InChI is InChI=1S/C19H21N3O3/c1-2-16-15(11-21-22(16)13-14-7-4-3-5-8-14)19(24)20-12-17(23)18-9-6-10-25-18/h3-11,17,23H,2,12-13H2,1H3,(H,20,24). The first-order chi connectivity index (χ1) is 12.2. The molecule has 2 aromatic heterocycles. The molecule has 3 aromatic rings. The number of amides is 1. The lowest BCUT2D eigenvalue weighted by molar-refractivity contribution is 0.0900. The van der Waals surface area contributed by atoms with Crippen molar-refractivity contribution in [3.63, 3.8) is 0 Å². The number of carbonyl (C=O) groups is 1. The number of hydrogen-bond acceptors (Lipinski definition) is 4. The van der Waals surface area contributed by atoms with Gasteiger partial charge in [0.2, 0.25) is 0 Å². The van der Waals surface area contributed by atoms with Crippen LogP contribution in [0.1, 0.15) is 40.4 Å². The Balaban J connectivity index is 1.68. The van der Waals surface area contributed by atoms with Crippen molar-refractivity contribution in [3.8, 4) is 0 Å². The molecular formula is C19H21N3O3. The van der Waals surface area contributed by atoms with Crippen LogP contribution in [0.5, 0.6) is 0 Å². The summed E-state index contributed by atoms with van der Waals surface area (Å²) in [6, 6.07) is 13.4. The van der Waals surface area contributed by atoms with Crippen LogP contribution in [0, 0.1) is 0 Å². The van der Waals surface area contributed by atoms with Gasteiger partial charge in [-0.3, -0.25) is 9.48 Å². The van der Waals surface area contributed by atoms with Crippen molar-refractivity contribution in [2.75, 3.05) is 6.54 Å². The van der Waals surface area contributed by atoms with Crippen molar-refractivity contribution in [2.45, 2.75) is 26.0 Å². The molecule has 0 radical (unpaired) electrons. The van der Waals surface area contributed by atoms with E-state index in [0.717, 1.165) is 11.3 Å². The smallest absolute Gasteiger partial charge is 0.254 e. The molecule has 0 aliphatic rings. The minimum absolute atomic E-state index is 0.0827. The summed E-state index contributed by atoms with van der Waals surface area (Å²) >= 11 is 0. The molecule has 0 aliphatic carbocycles. The molecule has 0 fully saturated rings. The normalized spacial score (nSPS) is 12.1. The predicted octanol–water partition coefficient (Wildman–Crippen LogP) is 2.55. The number of hydrogen-bond donors (Lipinski definition) is 2. The first-order valence-electron chi connectivity index (χ1n) is 8.27. The third-order valence-corrected chi connectivity index (χ3v) is 4.03. The average molecular weight is 339 g/mol. The number of rotatable bonds is 7. The highest BCUT2D eigenvalue weighted by Gasteiger charge is 2.18. The van der Waals surface area contributed by atoms with Gasteiger partial charge < -0.3 is 14.8 Å². The second-order valence-electron chi connectivity index (χ2n) is 5.74. The summed E-state index contributed by atoms with van der Waals surface area (Å²) < 4.78 is 6.97. The first-order valence-corrected chi connectivity index (χ1v) is 8.27. The van der Waals surface area contributed by atoms with Gasteiger partial charge in [-0.05, 0) is 24.1 Å². The van der Waals surface area contributed by atoms with Crippen molar-refractivity contribution >= 4 is 5.91 Å². The van der Waals surface area contributed by atoms with Crippen LogP contribution in [0.15, 0.2) is 59.3 Å². The van der Waals surface area contributed by atoms with Gasteiger partial charge in [0.25, 0.3) is 5.91 Å². The lowest BCUT2D eigenvalue weighted by Gasteiger charge is -2.11. The Morgan fingerprint density at radius 3 is 2.76 bits per heavy atom. The van der Waals surface area contributed by atoms with E-state index in [-0.39, 0.29) is 12.5 Å². The van der Waals surface area contributed by atoms with Crippen LogP contribution >= 0.6 is 0 Å². The van der Waals surface area contributed by atoms with Crippen LogP contribution in [-0.2, 0) is 13.0 Å². The summed E-state index contributed by atoms with van der Waals surface area (Å²) in [5, 5.41) is 17.1. The molecule has 0 bridgehead atoms. The van der Waals surface area contributed by atoms with Crippen LogP contribution in [0.25, 0.3) is 0 Å². The first kappa shape index (κ1) is 17.0. The quantitative estimate of drug-likeness (QED) is 0.693. The van der Waals surface area contributed by atoms with Crippen molar-refractivity contribution in [1.29, 1.82) is 0 Å². The minimum atomic E-state index is -0.872. The number of aliphatic hydroxyl groups is 1. The molecule has 1 atom stereocenters. The number of aromatic nitrogens is 2. The number of furan rings is 1. The summed E-state index contributed by atoms with van der Waals surface area (Å²) in [7, 11) is 0. The lowest BCUT2D eigenvalue weighted by atomic mass is 10.1. The molecule has 25 heavy (non-hydrogen) atoms. The van der Waals surface area contributed by atoms with E-state index in [1.165, 1.54) is 6.26 Å². The van der Waals surface area contributed by atoms with E-state index < -0.39 is 6.10 Å². The molecule has 0 aliphatic heterocycles. The topological polar surface area (TPSA) is 80.3 Å². The van der Waals surface area contributed by atoms with Crippen LogP contribution in [0.3, 0.4) is 0 Å². The molecule has 130 valence electrons. The molecule has 3 rings (SSSR count). The Kier molecular flexibility index (Phi) is 5.30. The molecule has 1 aromatic carbocycles. The van der Waals surface area contributed by atoms with Gasteiger partial charge in [0.15, 0.2) is 0 Å². The predicted molar refractivity (Wildman–Crippen MR) is 93.2 cm³/mol. The van der Waals surface area contributed by atoms with Gasteiger partial charge in [-0.15, -0.1) is 0 Å². The average Bonchev–Trinajstić information content (AvgIpc) is 3.30. The molecule has 1 amide bonds. The van der Waals surface area contributed by atoms with E-state index >= 15 is 0 Å². The van der Waals surface area contributed by atoms with Crippen molar-refractivity contribution in [3.05, 3.63) is 77.5 Å². The highest BCUT2D eigenvalue weighted by atomic mass is 16.4. The zero-order valence-electron chi connectivity index (χ0n) is 14.1. The van der Waals surface area contributed by atoms with Crippen LogP contribution in [-0.4, -0.2) is 27.3 Å². The van der Waals surface area contributed by atoms with E-state index in [0.29, 0.717) is 24.3 Å². The van der Waals surface area contributed by atoms with E-state index in [9.17, 15) is 9.90 Å². The molecule has 2 N–H and O–H groups in total. The zero-order valence-corrected chi connectivity index (χ0v) is 14.1. The highest BCUT2D eigenvalue weighted by Crippen LogP contribution is 2.14. The fourth-order valence-electron chi connectivity index (χ4n) is 2.73. The minimum Gasteiger partial charge on any atom is -0.467 e. The third kappa shape index (κ3) is 3.97. The molecule has 0 spiro atoms. The maximum absolute atomic E-state index is 12.5. The van der Waals surface area contributed by atoms with Gasteiger partial charge in [-0.1, -0.05) is 37.3 Å². The van der Waals surface area contributed by atoms with Crippen molar-refractivity contribution in [1.82, 2.24) is 15.1 Å². The molecule has 6 nitrogen and oxygen atoms in total. The van der Waals surface area contributed by atoms with Gasteiger partial charge in [0.1, 0.15) is 11.9 Å². The molecular weight excluding hydrogens is 318 g/mol. The summed E-state index contributed by atoms with van der Waals surface area (Å²) in [5.41, 5.74) is 2.53. The maximum atomic E-state index is 12.5.